The number of methoxy groups -OCH3 is 1. The maximum absolute atomic E-state index is 5.77. The summed E-state index contributed by atoms with van der Waals surface area (Å²) in [4.78, 5) is 4.35. The summed E-state index contributed by atoms with van der Waals surface area (Å²) in [6.07, 6.45) is 0. The lowest BCUT2D eigenvalue weighted by Crippen LogP contribution is -2.01. The molecule has 0 fully saturated rings. The van der Waals surface area contributed by atoms with Crippen LogP contribution in [-0.4, -0.2) is 19.4 Å². The molecule has 76 valence electrons. The Labute approximate surface area is 92.1 Å². The minimum Gasteiger partial charge on any atom is -0.397 e. The molecule has 0 spiro atoms. The van der Waals surface area contributed by atoms with Gasteiger partial charge in [0.05, 0.1) is 18.0 Å². The minimum absolute atomic E-state index is 0.520. The second kappa shape index (κ2) is 5.12. The number of hydrogen-bond acceptors (Lipinski definition) is 3. The van der Waals surface area contributed by atoms with Gasteiger partial charge in [0.2, 0.25) is 0 Å². The number of hydrogen-bond donors (Lipinski definition) is 1. The molecular weight excluding hydrogens is 244 g/mol. The lowest BCUT2D eigenvalue weighted by atomic mass is 10.3. The lowest BCUT2D eigenvalue weighted by Gasteiger charge is -2.03. The number of ether oxygens (including phenoxy) is 1. The number of anilines is 1. The van der Waals surface area contributed by atoms with Crippen molar-refractivity contribution >= 4 is 33.0 Å². The number of benzene rings is 1. The molecule has 0 atom stereocenters. The maximum Gasteiger partial charge on any atom is 0.0870 e. The van der Waals surface area contributed by atoms with Crippen LogP contribution in [0.4, 0.5) is 11.4 Å². The Morgan fingerprint density at radius 2 is 2.29 bits per heavy atom. The van der Waals surface area contributed by atoms with E-state index in [2.05, 4.69) is 20.9 Å². The van der Waals surface area contributed by atoms with Crippen LogP contribution in [0.3, 0.4) is 0 Å². The number of halogens is 1. The average molecular weight is 257 g/mol. The van der Waals surface area contributed by atoms with Crippen molar-refractivity contribution in [1.82, 2.24) is 0 Å². The quantitative estimate of drug-likeness (QED) is 0.668. The zero-order chi connectivity index (χ0) is 10.6. The Hall–Kier alpha value is -0.870. The summed E-state index contributed by atoms with van der Waals surface area (Å²) in [5, 5.41) is 0. The summed E-state index contributed by atoms with van der Waals surface area (Å²) in [5.74, 6) is 0. The van der Waals surface area contributed by atoms with Crippen LogP contribution in [0.5, 0.6) is 0 Å². The maximum atomic E-state index is 5.77. The van der Waals surface area contributed by atoms with Gasteiger partial charge in [0.25, 0.3) is 0 Å². The summed E-state index contributed by atoms with van der Waals surface area (Å²) < 4.78 is 5.93. The Balaban J connectivity index is 2.95. The van der Waals surface area contributed by atoms with Gasteiger partial charge in [0.15, 0.2) is 0 Å². The molecule has 3 nitrogen and oxygen atoms in total. The van der Waals surface area contributed by atoms with Crippen LogP contribution in [0.25, 0.3) is 0 Å². The van der Waals surface area contributed by atoms with Crippen LogP contribution in [0.2, 0.25) is 0 Å². The van der Waals surface area contributed by atoms with Crippen molar-refractivity contribution in [1.29, 1.82) is 0 Å². The van der Waals surface area contributed by atoms with Gasteiger partial charge in [0, 0.05) is 17.3 Å². The Morgan fingerprint density at radius 3 is 2.93 bits per heavy atom. The molecule has 2 N–H and O–H groups in total. The number of nitrogens with two attached hydrogens (primary N) is 1. The molecule has 14 heavy (non-hydrogen) atoms. The second-order valence-electron chi connectivity index (χ2n) is 2.98. The summed E-state index contributed by atoms with van der Waals surface area (Å²) >= 11 is 3.37. The highest BCUT2D eigenvalue weighted by Crippen LogP contribution is 2.26. The highest BCUT2D eigenvalue weighted by Gasteiger charge is 1.99. The molecule has 0 amide bonds. The first-order valence-corrected chi connectivity index (χ1v) is 5.01. The van der Waals surface area contributed by atoms with Crippen LogP contribution < -0.4 is 5.73 Å². The van der Waals surface area contributed by atoms with Crippen molar-refractivity contribution in [3.8, 4) is 0 Å². The smallest absolute Gasteiger partial charge is 0.0870 e. The molecule has 0 aliphatic heterocycles. The van der Waals surface area contributed by atoms with E-state index in [0.717, 1.165) is 15.9 Å². The van der Waals surface area contributed by atoms with Gasteiger partial charge in [-0.25, -0.2) is 0 Å². The molecule has 0 aliphatic rings. The molecule has 1 aromatic carbocycles. The zero-order valence-corrected chi connectivity index (χ0v) is 9.84. The van der Waals surface area contributed by atoms with E-state index in [1.807, 2.05) is 25.1 Å². The third-order valence-corrected chi connectivity index (χ3v) is 2.15. The van der Waals surface area contributed by atoms with E-state index in [4.69, 9.17) is 10.5 Å². The van der Waals surface area contributed by atoms with E-state index in [1.54, 1.807) is 7.11 Å². The second-order valence-corrected chi connectivity index (χ2v) is 3.90. The zero-order valence-electron chi connectivity index (χ0n) is 8.25. The van der Waals surface area contributed by atoms with Crippen molar-refractivity contribution in [3.63, 3.8) is 0 Å². The third-order valence-electron chi connectivity index (χ3n) is 1.66. The van der Waals surface area contributed by atoms with E-state index in [1.165, 1.54) is 0 Å². The Morgan fingerprint density at radius 1 is 1.57 bits per heavy atom. The van der Waals surface area contributed by atoms with Gasteiger partial charge < -0.3 is 10.5 Å². The van der Waals surface area contributed by atoms with Gasteiger partial charge in [-0.1, -0.05) is 15.9 Å². The number of nitrogen functional groups attached to an aromatic ring is 1. The molecule has 0 unspecified atom stereocenters. The average Bonchev–Trinajstić information content (AvgIpc) is 2.12. The lowest BCUT2D eigenvalue weighted by molar-refractivity contribution is 0.245. The summed E-state index contributed by atoms with van der Waals surface area (Å²) in [6.45, 7) is 2.43. The first kappa shape index (κ1) is 11.2. The van der Waals surface area contributed by atoms with Gasteiger partial charge in [-0.15, -0.1) is 0 Å². The van der Waals surface area contributed by atoms with E-state index in [0.29, 0.717) is 12.3 Å². The fourth-order valence-electron chi connectivity index (χ4n) is 1.06. The van der Waals surface area contributed by atoms with Crippen LogP contribution in [0.15, 0.2) is 27.7 Å². The number of nitrogens with zero attached hydrogens (tertiary/aromatic N) is 1. The normalized spacial score (nSPS) is 11.8. The Bertz CT molecular complexity index is 350. The molecule has 0 bridgehead atoms. The fraction of sp³-hybridized carbons (Fsp3) is 0.300. The summed E-state index contributed by atoms with van der Waals surface area (Å²) in [5.41, 5.74) is 8.11. The van der Waals surface area contributed by atoms with Gasteiger partial charge in [-0.05, 0) is 25.1 Å². The molecule has 0 saturated heterocycles. The van der Waals surface area contributed by atoms with Crippen molar-refractivity contribution in [2.45, 2.75) is 6.92 Å². The first-order valence-electron chi connectivity index (χ1n) is 4.21. The SMILES string of the molecule is COC/C(C)=N/c1cc(Br)ccc1N. The third kappa shape index (κ3) is 3.12. The molecule has 0 aliphatic carbocycles. The monoisotopic (exact) mass is 256 g/mol. The molecule has 0 saturated carbocycles. The van der Waals surface area contributed by atoms with Gasteiger partial charge in [0.1, 0.15) is 0 Å². The van der Waals surface area contributed by atoms with Crippen LogP contribution in [-0.2, 0) is 4.74 Å². The van der Waals surface area contributed by atoms with Crippen LogP contribution >= 0.6 is 15.9 Å². The minimum atomic E-state index is 0.520. The summed E-state index contributed by atoms with van der Waals surface area (Å²) in [7, 11) is 1.64. The largest absolute Gasteiger partial charge is 0.397 e. The van der Waals surface area contributed by atoms with Crippen molar-refractivity contribution in [2.24, 2.45) is 4.99 Å². The Kier molecular flexibility index (Phi) is 4.10. The first-order chi connectivity index (χ1) is 6.63. The molecular formula is C10H13BrN2O. The van der Waals surface area contributed by atoms with Gasteiger partial charge in [-0.3, -0.25) is 4.99 Å². The van der Waals surface area contributed by atoms with E-state index < -0.39 is 0 Å². The van der Waals surface area contributed by atoms with E-state index in [-0.39, 0.29) is 0 Å². The van der Waals surface area contributed by atoms with Crippen molar-refractivity contribution < 1.29 is 4.74 Å². The summed E-state index contributed by atoms with van der Waals surface area (Å²) in [6, 6.07) is 5.59. The molecule has 0 radical (unpaired) electrons. The molecule has 4 heteroatoms. The number of rotatable bonds is 3. The van der Waals surface area contributed by atoms with E-state index in [9.17, 15) is 0 Å². The van der Waals surface area contributed by atoms with Crippen LogP contribution in [0.1, 0.15) is 6.92 Å². The topological polar surface area (TPSA) is 47.6 Å². The van der Waals surface area contributed by atoms with E-state index >= 15 is 0 Å². The predicted octanol–water partition coefficient (Wildman–Crippen LogP) is 2.77. The fourth-order valence-corrected chi connectivity index (χ4v) is 1.41. The molecule has 1 aromatic rings. The van der Waals surface area contributed by atoms with Crippen molar-refractivity contribution in [3.05, 3.63) is 22.7 Å². The van der Waals surface area contributed by atoms with Gasteiger partial charge in [-0.2, -0.15) is 0 Å². The molecule has 1 rings (SSSR count). The number of aliphatic imine (C=N–C) groups is 1. The van der Waals surface area contributed by atoms with Crippen molar-refractivity contribution in [2.75, 3.05) is 19.5 Å². The van der Waals surface area contributed by atoms with Gasteiger partial charge >= 0.3 is 0 Å². The highest BCUT2D eigenvalue weighted by atomic mass is 79.9. The predicted molar refractivity (Wildman–Crippen MR) is 63.2 cm³/mol. The molecule has 0 heterocycles. The molecule has 0 aromatic heterocycles. The highest BCUT2D eigenvalue weighted by molar-refractivity contribution is 9.10. The van der Waals surface area contributed by atoms with Crippen LogP contribution in [0, 0.1) is 0 Å². The standard InChI is InChI=1S/C10H13BrN2O/c1-7(6-14-2)13-10-5-8(11)3-4-9(10)12/h3-5H,6,12H2,1-2H3/b13-7+.